The minimum atomic E-state index is -0.292. The lowest BCUT2D eigenvalue weighted by molar-refractivity contribution is 0.0980. The second-order valence-electron chi connectivity index (χ2n) is 9.67. The second kappa shape index (κ2) is 8.47. The van der Waals surface area contributed by atoms with E-state index in [9.17, 15) is 9.90 Å². The molecule has 0 bridgehead atoms. The molecule has 7 heteroatoms. The highest BCUT2D eigenvalue weighted by Gasteiger charge is 2.29. The minimum Gasteiger partial charge on any atom is -0.494 e. The second-order valence-corrected chi connectivity index (χ2v) is 9.67. The zero-order chi connectivity index (χ0) is 24.1. The molecule has 1 saturated heterocycles. The van der Waals surface area contributed by atoms with Crippen LogP contribution >= 0.6 is 0 Å². The molecule has 0 saturated carbocycles. The highest BCUT2D eigenvalue weighted by atomic mass is 19.1. The Hall–Kier alpha value is -3.32. The molecule has 178 valence electrons. The number of nitrogens with zero attached hydrogens (tertiary/aromatic N) is 4. The zero-order valence-corrected chi connectivity index (χ0v) is 20.2. The fraction of sp³-hybridized carbons (Fsp3) is 0.370. The summed E-state index contributed by atoms with van der Waals surface area (Å²) in [5.74, 6) is -0.204. The van der Waals surface area contributed by atoms with E-state index in [4.69, 9.17) is 0 Å². The molecule has 3 aromatic rings. The van der Waals surface area contributed by atoms with Crippen LogP contribution in [0.2, 0.25) is 0 Å². The van der Waals surface area contributed by atoms with Gasteiger partial charge in [-0.05, 0) is 88.3 Å². The van der Waals surface area contributed by atoms with E-state index in [1.165, 1.54) is 6.07 Å². The lowest BCUT2D eigenvalue weighted by atomic mass is 9.97. The molecule has 1 N–H and O–H groups in total. The first-order valence-electron chi connectivity index (χ1n) is 11.8. The van der Waals surface area contributed by atoms with Gasteiger partial charge in [0.05, 0.1) is 5.69 Å². The van der Waals surface area contributed by atoms with Gasteiger partial charge in [-0.1, -0.05) is 0 Å². The van der Waals surface area contributed by atoms with Crippen molar-refractivity contribution in [1.29, 1.82) is 0 Å². The van der Waals surface area contributed by atoms with Crippen molar-refractivity contribution in [2.45, 2.75) is 32.7 Å². The summed E-state index contributed by atoms with van der Waals surface area (Å²) in [4.78, 5) is 19.2. The number of anilines is 2. The summed E-state index contributed by atoms with van der Waals surface area (Å²) in [6.07, 6.45) is 3.57. The Labute approximate surface area is 199 Å². The molecule has 1 aromatic heterocycles. The molecule has 1 atom stereocenters. The zero-order valence-electron chi connectivity index (χ0n) is 20.2. The standard InChI is InChI=1S/C27H31FN4O2/c1-17-15-32(26(33)18(17)2)20-5-7-23-19(13-20)9-12-31(27(23)34)21-6-8-25(24(28)14-21)30-11-10-22(16-30)29(3)4/h5-8,13-15,22,33H,9-12,16H2,1-4H3/t22-/m1/s1. The van der Waals surface area contributed by atoms with E-state index in [0.29, 0.717) is 35.9 Å². The van der Waals surface area contributed by atoms with Crippen molar-refractivity contribution in [3.8, 4) is 11.6 Å². The Morgan fingerprint density at radius 3 is 2.47 bits per heavy atom. The van der Waals surface area contributed by atoms with E-state index in [-0.39, 0.29) is 17.6 Å². The summed E-state index contributed by atoms with van der Waals surface area (Å²) in [5, 5.41) is 10.4. The highest BCUT2D eigenvalue weighted by Crippen LogP contribution is 2.33. The van der Waals surface area contributed by atoms with Crippen LogP contribution in [0.3, 0.4) is 0 Å². The fourth-order valence-electron chi connectivity index (χ4n) is 5.08. The molecule has 0 spiro atoms. The van der Waals surface area contributed by atoms with Gasteiger partial charge in [0.15, 0.2) is 5.88 Å². The Morgan fingerprint density at radius 1 is 1.06 bits per heavy atom. The predicted octanol–water partition coefficient (Wildman–Crippen LogP) is 4.28. The molecule has 34 heavy (non-hydrogen) atoms. The lowest BCUT2D eigenvalue weighted by Gasteiger charge is -2.30. The van der Waals surface area contributed by atoms with Gasteiger partial charge in [0, 0.05) is 54.4 Å². The number of aromatic nitrogens is 1. The first-order valence-corrected chi connectivity index (χ1v) is 11.8. The van der Waals surface area contributed by atoms with Gasteiger partial charge >= 0.3 is 0 Å². The quantitative estimate of drug-likeness (QED) is 0.629. The van der Waals surface area contributed by atoms with Crippen LogP contribution in [0.1, 0.15) is 33.5 Å². The largest absolute Gasteiger partial charge is 0.494 e. The number of rotatable bonds is 4. The molecule has 2 aliphatic heterocycles. The first-order chi connectivity index (χ1) is 16.2. The third-order valence-corrected chi connectivity index (χ3v) is 7.40. The number of likely N-dealkylation sites (N-methyl/N-ethyl adjacent to an activating group) is 1. The van der Waals surface area contributed by atoms with Gasteiger partial charge in [0.25, 0.3) is 5.91 Å². The predicted molar refractivity (Wildman–Crippen MR) is 133 cm³/mol. The van der Waals surface area contributed by atoms with Crippen molar-refractivity contribution < 1.29 is 14.3 Å². The third-order valence-electron chi connectivity index (χ3n) is 7.40. The number of halogens is 1. The monoisotopic (exact) mass is 462 g/mol. The number of benzene rings is 2. The van der Waals surface area contributed by atoms with Gasteiger partial charge in [-0.15, -0.1) is 0 Å². The van der Waals surface area contributed by atoms with Crippen molar-refractivity contribution in [2.75, 3.05) is 43.5 Å². The summed E-state index contributed by atoms with van der Waals surface area (Å²) in [6, 6.07) is 11.2. The fourth-order valence-corrected chi connectivity index (χ4v) is 5.08. The van der Waals surface area contributed by atoms with E-state index >= 15 is 4.39 Å². The average Bonchev–Trinajstić information content (AvgIpc) is 3.40. The van der Waals surface area contributed by atoms with Crippen molar-refractivity contribution in [2.24, 2.45) is 0 Å². The van der Waals surface area contributed by atoms with Crippen LogP contribution in [0.15, 0.2) is 42.6 Å². The summed E-state index contributed by atoms with van der Waals surface area (Å²) < 4.78 is 16.8. The number of amides is 1. The summed E-state index contributed by atoms with van der Waals surface area (Å²) in [6.45, 7) is 5.96. The Kier molecular flexibility index (Phi) is 5.60. The molecule has 5 rings (SSSR count). The maximum Gasteiger partial charge on any atom is 0.258 e. The van der Waals surface area contributed by atoms with E-state index in [1.807, 2.05) is 38.2 Å². The van der Waals surface area contributed by atoms with Crippen LogP contribution in [-0.2, 0) is 6.42 Å². The van der Waals surface area contributed by atoms with Gasteiger partial charge in [0.2, 0.25) is 0 Å². The number of aryl methyl sites for hydroxylation is 1. The maximum atomic E-state index is 15.1. The molecule has 1 fully saturated rings. The van der Waals surface area contributed by atoms with Crippen LogP contribution in [0.4, 0.5) is 15.8 Å². The highest BCUT2D eigenvalue weighted by molar-refractivity contribution is 6.08. The molecule has 0 unspecified atom stereocenters. The van der Waals surface area contributed by atoms with Gasteiger partial charge in [0.1, 0.15) is 5.82 Å². The van der Waals surface area contributed by atoms with Crippen LogP contribution in [0.25, 0.3) is 5.69 Å². The molecule has 3 heterocycles. The summed E-state index contributed by atoms with van der Waals surface area (Å²) >= 11 is 0. The van der Waals surface area contributed by atoms with Crippen LogP contribution < -0.4 is 9.80 Å². The van der Waals surface area contributed by atoms with Crippen LogP contribution in [0, 0.1) is 19.7 Å². The van der Waals surface area contributed by atoms with Crippen molar-refractivity contribution >= 4 is 17.3 Å². The summed E-state index contributed by atoms with van der Waals surface area (Å²) in [5.41, 5.74) is 5.41. The van der Waals surface area contributed by atoms with Crippen molar-refractivity contribution in [3.63, 3.8) is 0 Å². The number of hydrogen-bond donors (Lipinski definition) is 1. The van der Waals surface area contributed by atoms with Gasteiger partial charge in [-0.3, -0.25) is 9.36 Å². The Bertz CT molecular complexity index is 1270. The Balaban J connectivity index is 1.38. The van der Waals surface area contributed by atoms with Crippen LogP contribution in [0.5, 0.6) is 5.88 Å². The van der Waals surface area contributed by atoms with E-state index in [1.54, 1.807) is 21.6 Å². The first kappa shape index (κ1) is 22.5. The number of hydrogen-bond acceptors (Lipinski definition) is 4. The molecule has 1 amide bonds. The lowest BCUT2D eigenvalue weighted by Crippen LogP contribution is -2.37. The van der Waals surface area contributed by atoms with Gasteiger partial charge in [-0.25, -0.2) is 4.39 Å². The van der Waals surface area contributed by atoms with Crippen molar-refractivity contribution in [3.05, 3.63) is 70.7 Å². The van der Waals surface area contributed by atoms with Crippen molar-refractivity contribution in [1.82, 2.24) is 9.47 Å². The van der Waals surface area contributed by atoms with E-state index in [2.05, 4.69) is 23.9 Å². The smallest absolute Gasteiger partial charge is 0.258 e. The molecule has 2 aromatic carbocycles. The van der Waals surface area contributed by atoms with Gasteiger partial charge in [-0.2, -0.15) is 0 Å². The average molecular weight is 463 g/mol. The summed E-state index contributed by atoms with van der Waals surface area (Å²) in [7, 11) is 4.11. The number of carbonyl (C=O) groups excluding carboxylic acids is 1. The molecule has 0 radical (unpaired) electrons. The molecular weight excluding hydrogens is 431 g/mol. The SMILES string of the molecule is Cc1cn(-c2ccc3c(c2)CCN(c2ccc(N4CC[C@@H](N(C)C)C4)c(F)c2)C3=O)c(O)c1C. The normalized spacial score (nSPS) is 18.2. The third kappa shape index (κ3) is 3.74. The van der Waals surface area contributed by atoms with E-state index < -0.39 is 0 Å². The number of carbonyl (C=O) groups is 1. The van der Waals surface area contributed by atoms with E-state index in [0.717, 1.165) is 41.9 Å². The maximum absolute atomic E-state index is 15.1. The molecule has 6 nitrogen and oxygen atoms in total. The molecule has 2 aliphatic rings. The van der Waals surface area contributed by atoms with Gasteiger partial charge < -0.3 is 19.8 Å². The molecule has 0 aliphatic carbocycles. The molecular formula is C27H31FN4O2. The minimum absolute atomic E-state index is 0.127. The number of fused-ring (bicyclic) bond motifs is 1. The van der Waals surface area contributed by atoms with Crippen LogP contribution in [-0.4, -0.2) is 60.3 Å². The topological polar surface area (TPSA) is 52.0 Å². The Morgan fingerprint density at radius 2 is 1.82 bits per heavy atom. The number of aromatic hydroxyl groups is 1.